The first kappa shape index (κ1) is 15.9. The predicted molar refractivity (Wildman–Crippen MR) is 77.7 cm³/mol. The number of carbonyl (C=O) groups is 2. The van der Waals surface area contributed by atoms with Gasteiger partial charge in [0.05, 0.1) is 6.42 Å². The van der Waals surface area contributed by atoms with Gasteiger partial charge in [0.1, 0.15) is 6.04 Å². The third-order valence-corrected chi connectivity index (χ3v) is 3.57. The van der Waals surface area contributed by atoms with Gasteiger partial charge < -0.3 is 10.4 Å². The maximum atomic E-state index is 11.8. The van der Waals surface area contributed by atoms with Crippen molar-refractivity contribution in [3.63, 3.8) is 0 Å². The number of aliphatic carboxylic acids is 1. The largest absolute Gasteiger partial charge is 0.480 e. The van der Waals surface area contributed by atoms with Crippen LogP contribution in [0.3, 0.4) is 0 Å². The van der Waals surface area contributed by atoms with E-state index in [-0.39, 0.29) is 12.3 Å². The Bertz CT molecular complexity index is 453. The van der Waals surface area contributed by atoms with E-state index in [9.17, 15) is 9.59 Å². The lowest BCUT2D eigenvalue weighted by molar-refractivity contribution is -0.141. The van der Waals surface area contributed by atoms with Crippen molar-refractivity contribution in [1.82, 2.24) is 5.32 Å². The molecule has 0 bridgehead atoms. The number of carbonyl (C=O) groups excluding carboxylic acids is 1. The zero-order valence-corrected chi connectivity index (χ0v) is 12.1. The SMILES string of the molecule is CSCCC(NC(=O)Cc1ccccc1Cl)C(=O)O. The molecule has 0 radical (unpaired) electrons. The number of hydrogen-bond donors (Lipinski definition) is 2. The molecule has 2 N–H and O–H groups in total. The van der Waals surface area contributed by atoms with E-state index in [1.807, 2.05) is 6.26 Å². The number of hydrogen-bond acceptors (Lipinski definition) is 3. The number of rotatable bonds is 7. The summed E-state index contributed by atoms with van der Waals surface area (Å²) in [6.45, 7) is 0. The summed E-state index contributed by atoms with van der Waals surface area (Å²) in [6, 6.07) is 6.17. The van der Waals surface area contributed by atoms with Gasteiger partial charge in [-0.05, 0) is 30.1 Å². The Morgan fingerprint density at radius 3 is 2.68 bits per heavy atom. The van der Waals surface area contributed by atoms with Gasteiger partial charge >= 0.3 is 5.97 Å². The van der Waals surface area contributed by atoms with Crippen molar-refractivity contribution in [2.45, 2.75) is 18.9 Å². The Balaban J connectivity index is 2.58. The molecule has 0 aromatic heterocycles. The summed E-state index contributed by atoms with van der Waals surface area (Å²) < 4.78 is 0. The molecule has 6 heteroatoms. The number of benzene rings is 1. The summed E-state index contributed by atoms with van der Waals surface area (Å²) in [5, 5.41) is 12.0. The first-order valence-corrected chi connectivity index (χ1v) is 7.56. The summed E-state index contributed by atoms with van der Waals surface area (Å²) in [6.07, 6.45) is 2.39. The van der Waals surface area contributed by atoms with E-state index >= 15 is 0 Å². The Morgan fingerprint density at radius 1 is 1.42 bits per heavy atom. The molecule has 0 fully saturated rings. The van der Waals surface area contributed by atoms with Crippen molar-refractivity contribution >= 4 is 35.2 Å². The molecule has 1 aromatic carbocycles. The van der Waals surface area contributed by atoms with Crippen LogP contribution in [0.5, 0.6) is 0 Å². The molecular formula is C13H16ClNO3S. The number of carboxylic acids is 1. The van der Waals surface area contributed by atoms with E-state index in [2.05, 4.69) is 5.32 Å². The highest BCUT2D eigenvalue weighted by Crippen LogP contribution is 2.15. The smallest absolute Gasteiger partial charge is 0.326 e. The van der Waals surface area contributed by atoms with Gasteiger partial charge in [0.2, 0.25) is 5.91 Å². The van der Waals surface area contributed by atoms with Gasteiger partial charge in [-0.3, -0.25) is 4.79 Å². The second kappa shape index (κ2) is 8.07. The average Bonchev–Trinajstić information content (AvgIpc) is 2.37. The fourth-order valence-electron chi connectivity index (χ4n) is 1.55. The quantitative estimate of drug-likeness (QED) is 0.810. The number of thioether (sulfide) groups is 1. The van der Waals surface area contributed by atoms with Crippen LogP contribution in [0.15, 0.2) is 24.3 Å². The van der Waals surface area contributed by atoms with Crippen molar-refractivity contribution in [3.05, 3.63) is 34.9 Å². The van der Waals surface area contributed by atoms with Gasteiger partial charge in [-0.25, -0.2) is 4.79 Å². The topological polar surface area (TPSA) is 66.4 Å². The Hall–Kier alpha value is -1.20. The second-order valence-corrected chi connectivity index (χ2v) is 5.40. The van der Waals surface area contributed by atoms with E-state index in [4.69, 9.17) is 16.7 Å². The van der Waals surface area contributed by atoms with Crippen molar-refractivity contribution in [2.24, 2.45) is 0 Å². The lowest BCUT2D eigenvalue weighted by Gasteiger charge is -2.14. The van der Waals surface area contributed by atoms with Crippen LogP contribution in [0.4, 0.5) is 0 Å². The molecular weight excluding hydrogens is 286 g/mol. The van der Waals surface area contributed by atoms with Gasteiger partial charge in [0.15, 0.2) is 0 Å². The lowest BCUT2D eigenvalue weighted by Crippen LogP contribution is -2.41. The highest BCUT2D eigenvalue weighted by molar-refractivity contribution is 7.98. The summed E-state index contributed by atoms with van der Waals surface area (Å²) in [5.74, 6) is -0.660. The number of nitrogens with one attached hydrogen (secondary N) is 1. The van der Waals surface area contributed by atoms with Crippen LogP contribution < -0.4 is 5.32 Å². The minimum absolute atomic E-state index is 0.0860. The molecule has 1 aromatic rings. The van der Waals surface area contributed by atoms with Crippen LogP contribution >= 0.6 is 23.4 Å². The van der Waals surface area contributed by atoms with E-state index in [0.29, 0.717) is 22.8 Å². The van der Waals surface area contributed by atoms with E-state index in [1.165, 1.54) is 0 Å². The average molecular weight is 302 g/mol. The third-order valence-electron chi connectivity index (χ3n) is 2.55. The molecule has 0 saturated carbocycles. The zero-order chi connectivity index (χ0) is 14.3. The van der Waals surface area contributed by atoms with Crippen molar-refractivity contribution < 1.29 is 14.7 Å². The maximum Gasteiger partial charge on any atom is 0.326 e. The van der Waals surface area contributed by atoms with E-state index in [1.54, 1.807) is 36.0 Å². The van der Waals surface area contributed by atoms with Crippen LogP contribution in [-0.4, -0.2) is 35.0 Å². The first-order valence-electron chi connectivity index (χ1n) is 5.79. The molecule has 0 saturated heterocycles. The van der Waals surface area contributed by atoms with Crippen LogP contribution in [0.2, 0.25) is 5.02 Å². The fraction of sp³-hybridized carbons (Fsp3) is 0.385. The molecule has 19 heavy (non-hydrogen) atoms. The van der Waals surface area contributed by atoms with E-state index < -0.39 is 12.0 Å². The molecule has 0 spiro atoms. The minimum Gasteiger partial charge on any atom is -0.480 e. The predicted octanol–water partition coefficient (Wildman–Crippen LogP) is 2.20. The fourth-order valence-corrected chi connectivity index (χ4v) is 2.23. The van der Waals surface area contributed by atoms with Crippen molar-refractivity contribution in [2.75, 3.05) is 12.0 Å². The molecule has 104 valence electrons. The maximum absolute atomic E-state index is 11.8. The minimum atomic E-state index is -1.01. The van der Waals surface area contributed by atoms with Crippen LogP contribution in [0.1, 0.15) is 12.0 Å². The van der Waals surface area contributed by atoms with Crippen LogP contribution in [0, 0.1) is 0 Å². The number of amides is 1. The molecule has 4 nitrogen and oxygen atoms in total. The van der Waals surface area contributed by atoms with Gasteiger partial charge in [-0.15, -0.1) is 0 Å². The summed E-state index contributed by atoms with van der Waals surface area (Å²) in [7, 11) is 0. The molecule has 1 rings (SSSR count). The standard InChI is InChI=1S/C13H16ClNO3S/c1-19-7-6-11(13(17)18)15-12(16)8-9-4-2-3-5-10(9)14/h2-5,11H,6-8H2,1H3,(H,15,16)(H,17,18). The molecule has 0 heterocycles. The first-order chi connectivity index (χ1) is 9.04. The molecule has 0 aliphatic heterocycles. The Kier molecular flexibility index (Phi) is 6.73. The lowest BCUT2D eigenvalue weighted by atomic mass is 10.1. The van der Waals surface area contributed by atoms with Crippen molar-refractivity contribution in [1.29, 1.82) is 0 Å². The summed E-state index contributed by atoms with van der Waals surface area (Å²) >= 11 is 7.50. The Labute approximate surface area is 121 Å². The Morgan fingerprint density at radius 2 is 2.11 bits per heavy atom. The molecule has 0 aliphatic rings. The zero-order valence-electron chi connectivity index (χ0n) is 10.6. The second-order valence-electron chi connectivity index (χ2n) is 4.01. The molecule has 1 amide bonds. The van der Waals surface area contributed by atoms with Gasteiger partial charge in [-0.2, -0.15) is 11.8 Å². The normalized spacial score (nSPS) is 11.9. The summed E-state index contributed by atoms with van der Waals surface area (Å²) in [4.78, 5) is 22.8. The summed E-state index contributed by atoms with van der Waals surface area (Å²) in [5.41, 5.74) is 0.690. The van der Waals surface area contributed by atoms with Crippen LogP contribution in [-0.2, 0) is 16.0 Å². The number of carboxylic acid groups (broad SMARTS) is 1. The molecule has 0 aliphatic carbocycles. The van der Waals surface area contributed by atoms with Crippen molar-refractivity contribution in [3.8, 4) is 0 Å². The highest BCUT2D eigenvalue weighted by Gasteiger charge is 2.19. The van der Waals surface area contributed by atoms with Gasteiger partial charge in [0, 0.05) is 5.02 Å². The van der Waals surface area contributed by atoms with Gasteiger partial charge in [0.25, 0.3) is 0 Å². The number of halogens is 1. The monoisotopic (exact) mass is 301 g/mol. The van der Waals surface area contributed by atoms with Gasteiger partial charge in [-0.1, -0.05) is 29.8 Å². The molecule has 1 unspecified atom stereocenters. The van der Waals surface area contributed by atoms with Crippen LogP contribution in [0.25, 0.3) is 0 Å². The molecule has 1 atom stereocenters. The highest BCUT2D eigenvalue weighted by atomic mass is 35.5. The van der Waals surface area contributed by atoms with E-state index in [0.717, 1.165) is 0 Å². The third kappa shape index (κ3) is 5.53.